The zero-order chi connectivity index (χ0) is 12.2. The molecule has 17 heavy (non-hydrogen) atoms. The van der Waals surface area contributed by atoms with Crippen molar-refractivity contribution < 1.29 is 0 Å². The maximum absolute atomic E-state index is 2.30. The third-order valence-electron chi connectivity index (χ3n) is 4.10. The average Bonchev–Trinajstić information content (AvgIpc) is 3.05. The molecule has 2 saturated carbocycles. The van der Waals surface area contributed by atoms with Crippen LogP contribution in [0.25, 0.3) is 0 Å². The van der Waals surface area contributed by atoms with Crippen LogP contribution in [0.1, 0.15) is 99.3 Å². The van der Waals surface area contributed by atoms with Crippen LogP contribution in [-0.4, -0.2) is 0 Å². The summed E-state index contributed by atoms with van der Waals surface area (Å²) in [6.07, 6.45) is 14.9. The van der Waals surface area contributed by atoms with Gasteiger partial charge in [0.2, 0.25) is 0 Å². The first-order valence-corrected chi connectivity index (χ1v) is 7.86. The van der Waals surface area contributed by atoms with Crippen LogP contribution in [0.15, 0.2) is 0 Å². The van der Waals surface area contributed by atoms with E-state index >= 15 is 0 Å². The number of rotatable bonds is 2. The second-order valence-electron chi connectivity index (χ2n) is 5.12. The van der Waals surface area contributed by atoms with Crippen molar-refractivity contribution >= 4 is 0 Å². The predicted octanol–water partition coefficient (Wildman–Crippen LogP) is 6.84. The van der Waals surface area contributed by atoms with Gasteiger partial charge in [0, 0.05) is 0 Å². The van der Waals surface area contributed by atoms with E-state index in [1.807, 2.05) is 13.8 Å². The van der Waals surface area contributed by atoms with Gasteiger partial charge in [-0.25, -0.2) is 0 Å². The van der Waals surface area contributed by atoms with E-state index in [1.165, 1.54) is 64.2 Å². The Balaban J connectivity index is 0. The van der Waals surface area contributed by atoms with Crippen LogP contribution in [0.5, 0.6) is 0 Å². The Labute approximate surface area is 112 Å². The second kappa shape index (κ2) is 14.1. The van der Waals surface area contributed by atoms with Crippen molar-refractivity contribution in [1.29, 1.82) is 0 Å². The van der Waals surface area contributed by atoms with Gasteiger partial charge in [0.25, 0.3) is 0 Å². The first-order chi connectivity index (χ1) is 7.86. The Kier molecular flexibility index (Phi) is 16.0. The molecule has 0 bridgehead atoms. The number of hydrogen-bond donors (Lipinski definition) is 0. The molecule has 0 aliphatic heterocycles. The van der Waals surface area contributed by atoms with Crippen molar-refractivity contribution in [3.8, 4) is 0 Å². The van der Waals surface area contributed by atoms with Gasteiger partial charge in [-0.15, -0.1) is 0 Å². The monoisotopic (exact) mass is 242 g/mol. The van der Waals surface area contributed by atoms with Crippen LogP contribution in [0, 0.1) is 11.8 Å². The smallest absolute Gasteiger partial charge is 0.0417 e. The summed E-state index contributed by atoms with van der Waals surface area (Å²) in [5.74, 6) is 2.19. The van der Waals surface area contributed by atoms with E-state index in [4.69, 9.17) is 0 Å². The van der Waals surface area contributed by atoms with E-state index in [2.05, 4.69) is 13.8 Å². The van der Waals surface area contributed by atoms with Crippen molar-refractivity contribution in [2.75, 3.05) is 0 Å². The molecule has 0 aromatic rings. The molecule has 0 aromatic heterocycles. The summed E-state index contributed by atoms with van der Waals surface area (Å²) < 4.78 is 0. The molecule has 2 fully saturated rings. The fraction of sp³-hybridized carbons (Fsp3) is 1.00. The van der Waals surface area contributed by atoms with E-state index in [0.717, 1.165) is 11.8 Å². The normalized spacial score (nSPS) is 19.8. The molecular weight excluding hydrogens is 204 g/mol. The SMILES string of the molecule is C.CC.CCC1CCCC1.CCC1CCCC1. The highest BCUT2D eigenvalue weighted by atomic mass is 14.2. The van der Waals surface area contributed by atoms with Crippen molar-refractivity contribution in [2.45, 2.75) is 99.3 Å². The minimum Gasteiger partial charge on any atom is -0.0776 e. The Bertz CT molecular complexity index is 100. The molecule has 0 N–H and O–H groups in total. The Morgan fingerprint density at radius 1 is 0.647 bits per heavy atom. The summed E-state index contributed by atoms with van der Waals surface area (Å²) in [6, 6.07) is 0. The molecule has 0 heterocycles. The molecule has 2 aliphatic rings. The molecule has 2 rings (SSSR count). The summed E-state index contributed by atoms with van der Waals surface area (Å²) in [5, 5.41) is 0. The van der Waals surface area contributed by atoms with Gasteiger partial charge in [0.1, 0.15) is 0 Å². The van der Waals surface area contributed by atoms with E-state index in [-0.39, 0.29) is 7.43 Å². The maximum Gasteiger partial charge on any atom is -0.0417 e. The van der Waals surface area contributed by atoms with Crippen LogP contribution < -0.4 is 0 Å². The van der Waals surface area contributed by atoms with Crippen LogP contribution in [0.4, 0.5) is 0 Å². The van der Waals surface area contributed by atoms with Gasteiger partial charge in [-0.05, 0) is 11.8 Å². The minimum absolute atomic E-state index is 0. The van der Waals surface area contributed by atoms with Gasteiger partial charge >= 0.3 is 0 Å². The van der Waals surface area contributed by atoms with E-state index < -0.39 is 0 Å². The topological polar surface area (TPSA) is 0 Å². The van der Waals surface area contributed by atoms with Crippen LogP contribution in [-0.2, 0) is 0 Å². The van der Waals surface area contributed by atoms with Gasteiger partial charge in [-0.3, -0.25) is 0 Å². The molecule has 0 nitrogen and oxygen atoms in total. The largest absolute Gasteiger partial charge is 0.0776 e. The highest BCUT2D eigenvalue weighted by Gasteiger charge is 2.11. The molecule has 0 radical (unpaired) electrons. The molecule has 0 spiro atoms. The molecular formula is C17H38. The lowest BCUT2D eigenvalue weighted by Gasteiger charge is -1.99. The van der Waals surface area contributed by atoms with E-state index in [0.29, 0.717) is 0 Å². The molecule has 106 valence electrons. The Hall–Kier alpha value is 0. The second-order valence-corrected chi connectivity index (χ2v) is 5.12. The molecule has 0 saturated heterocycles. The van der Waals surface area contributed by atoms with Gasteiger partial charge < -0.3 is 0 Å². The van der Waals surface area contributed by atoms with Crippen LogP contribution >= 0.6 is 0 Å². The Morgan fingerprint density at radius 2 is 0.882 bits per heavy atom. The zero-order valence-corrected chi connectivity index (χ0v) is 12.2. The van der Waals surface area contributed by atoms with Crippen molar-refractivity contribution in [1.82, 2.24) is 0 Å². The highest BCUT2D eigenvalue weighted by molar-refractivity contribution is 4.65. The average molecular weight is 242 g/mol. The molecule has 0 aromatic carbocycles. The maximum atomic E-state index is 2.30. The quantitative estimate of drug-likeness (QED) is 0.497. The summed E-state index contributed by atoms with van der Waals surface area (Å²) >= 11 is 0. The van der Waals surface area contributed by atoms with E-state index in [1.54, 1.807) is 0 Å². The third kappa shape index (κ3) is 9.68. The predicted molar refractivity (Wildman–Crippen MR) is 82.6 cm³/mol. The van der Waals surface area contributed by atoms with Crippen LogP contribution in [0.2, 0.25) is 0 Å². The lowest BCUT2D eigenvalue weighted by molar-refractivity contribution is 0.531. The minimum atomic E-state index is 0. The fourth-order valence-electron chi connectivity index (χ4n) is 2.84. The summed E-state index contributed by atoms with van der Waals surface area (Å²) in [6.45, 7) is 8.60. The first-order valence-electron chi connectivity index (χ1n) is 7.86. The lowest BCUT2D eigenvalue weighted by atomic mass is 10.1. The third-order valence-corrected chi connectivity index (χ3v) is 4.10. The molecule has 0 atom stereocenters. The summed E-state index contributed by atoms with van der Waals surface area (Å²) in [4.78, 5) is 0. The standard InChI is InChI=1S/2C7H14.C2H6.CH4/c2*1-2-7-5-3-4-6-7;1-2;/h2*7H,2-6H2,1H3;1-2H3;1H4. The first kappa shape index (κ1) is 19.3. The Morgan fingerprint density at radius 3 is 1.00 bits per heavy atom. The summed E-state index contributed by atoms with van der Waals surface area (Å²) in [5.41, 5.74) is 0. The fourth-order valence-corrected chi connectivity index (χ4v) is 2.84. The highest BCUT2D eigenvalue weighted by Crippen LogP contribution is 2.27. The number of hydrogen-bond acceptors (Lipinski definition) is 0. The van der Waals surface area contributed by atoms with Gasteiger partial charge in [0.05, 0.1) is 0 Å². The van der Waals surface area contributed by atoms with Crippen molar-refractivity contribution in [3.05, 3.63) is 0 Å². The molecule has 0 amide bonds. The summed E-state index contributed by atoms with van der Waals surface area (Å²) in [7, 11) is 0. The van der Waals surface area contributed by atoms with Crippen molar-refractivity contribution in [2.24, 2.45) is 11.8 Å². The van der Waals surface area contributed by atoms with E-state index in [9.17, 15) is 0 Å². The molecule has 0 unspecified atom stereocenters. The van der Waals surface area contributed by atoms with Gasteiger partial charge in [0.15, 0.2) is 0 Å². The lowest BCUT2D eigenvalue weighted by Crippen LogP contribution is -1.86. The zero-order valence-electron chi connectivity index (χ0n) is 12.2. The molecule has 2 aliphatic carbocycles. The van der Waals surface area contributed by atoms with Gasteiger partial charge in [-0.1, -0.05) is 99.3 Å². The van der Waals surface area contributed by atoms with Gasteiger partial charge in [-0.2, -0.15) is 0 Å². The van der Waals surface area contributed by atoms with Crippen molar-refractivity contribution in [3.63, 3.8) is 0 Å². The van der Waals surface area contributed by atoms with Crippen LogP contribution in [0.3, 0.4) is 0 Å². The molecule has 0 heteroatoms.